The number of alkyl halides is 2. The molecule has 3 rings (SSSR count). The molecule has 6 nitrogen and oxygen atoms in total. The van der Waals surface area contributed by atoms with Gasteiger partial charge in [-0.3, -0.25) is 4.79 Å². The summed E-state index contributed by atoms with van der Waals surface area (Å²) in [4.78, 5) is 18.2. The molecular formula is C19H20F2N2O4. The van der Waals surface area contributed by atoms with Crippen LogP contribution < -0.4 is 14.2 Å². The molecule has 0 atom stereocenters. The maximum absolute atomic E-state index is 12.8. The maximum atomic E-state index is 12.8. The number of halogens is 2. The Balaban J connectivity index is 1.77. The fourth-order valence-electron chi connectivity index (χ4n) is 3.14. The van der Waals surface area contributed by atoms with Gasteiger partial charge in [-0.1, -0.05) is 0 Å². The first-order valence-corrected chi connectivity index (χ1v) is 8.45. The molecule has 0 radical (unpaired) electrons. The monoisotopic (exact) mass is 378 g/mol. The molecule has 0 aliphatic carbocycles. The molecule has 2 heterocycles. The Morgan fingerprint density at radius 3 is 2.19 bits per heavy atom. The van der Waals surface area contributed by atoms with Crippen LogP contribution in [0, 0.1) is 0 Å². The van der Waals surface area contributed by atoms with E-state index in [4.69, 9.17) is 9.47 Å². The molecular weight excluding hydrogens is 358 g/mol. The lowest BCUT2D eigenvalue weighted by Gasteiger charge is -2.20. The predicted molar refractivity (Wildman–Crippen MR) is 93.7 cm³/mol. The summed E-state index contributed by atoms with van der Waals surface area (Å²) in [7, 11) is 3.17. The van der Waals surface area contributed by atoms with Gasteiger partial charge in [-0.05, 0) is 42.2 Å². The lowest BCUT2D eigenvalue weighted by Crippen LogP contribution is -2.33. The number of carbonyl (C=O) groups excluding carboxylic acids is 1. The van der Waals surface area contributed by atoms with Crippen molar-refractivity contribution >= 4 is 5.91 Å². The van der Waals surface area contributed by atoms with Crippen molar-refractivity contribution in [2.75, 3.05) is 27.3 Å². The molecule has 0 spiro atoms. The summed E-state index contributed by atoms with van der Waals surface area (Å²) >= 11 is 0. The smallest absolute Gasteiger partial charge is 0.388 e. The van der Waals surface area contributed by atoms with Crippen LogP contribution in [0.5, 0.6) is 17.4 Å². The average molecular weight is 378 g/mol. The summed E-state index contributed by atoms with van der Waals surface area (Å²) in [5.74, 6) is 0.782. The van der Waals surface area contributed by atoms with Crippen molar-refractivity contribution in [3.8, 4) is 17.4 Å². The first-order chi connectivity index (χ1) is 13.0. The highest BCUT2D eigenvalue weighted by Gasteiger charge is 2.22. The number of pyridine rings is 1. The summed E-state index contributed by atoms with van der Waals surface area (Å²) in [5.41, 5.74) is 2.46. The minimum Gasteiger partial charge on any atom is -0.493 e. The van der Waals surface area contributed by atoms with Crippen molar-refractivity contribution in [2.24, 2.45) is 0 Å². The zero-order valence-corrected chi connectivity index (χ0v) is 15.1. The van der Waals surface area contributed by atoms with Crippen LogP contribution in [0.2, 0.25) is 0 Å². The maximum Gasteiger partial charge on any atom is 0.388 e. The highest BCUT2D eigenvalue weighted by molar-refractivity contribution is 5.94. The summed E-state index contributed by atoms with van der Waals surface area (Å²) in [6.45, 7) is -1.97. The molecule has 0 unspecified atom stereocenters. The van der Waals surface area contributed by atoms with Gasteiger partial charge < -0.3 is 19.1 Å². The molecule has 1 amide bonds. The zero-order valence-electron chi connectivity index (χ0n) is 15.1. The molecule has 1 aliphatic rings. The predicted octanol–water partition coefficient (Wildman–Crippen LogP) is 2.94. The number of rotatable bonds is 5. The van der Waals surface area contributed by atoms with Crippen molar-refractivity contribution in [3.63, 3.8) is 0 Å². The van der Waals surface area contributed by atoms with Gasteiger partial charge in [0.2, 0.25) is 5.88 Å². The molecule has 0 bridgehead atoms. The summed E-state index contributed by atoms with van der Waals surface area (Å²) in [6.07, 6.45) is 2.60. The Kier molecular flexibility index (Phi) is 5.73. The Bertz CT molecular complexity index is 794. The normalized spacial score (nSPS) is 13.7. The molecule has 1 aromatic heterocycles. The fourth-order valence-corrected chi connectivity index (χ4v) is 3.14. The minimum absolute atomic E-state index is 0.247. The van der Waals surface area contributed by atoms with Gasteiger partial charge in [0.15, 0.2) is 11.5 Å². The van der Waals surface area contributed by atoms with E-state index in [9.17, 15) is 13.6 Å². The molecule has 0 saturated carbocycles. The van der Waals surface area contributed by atoms with Crippen LogP contribution in [0.4, 0.5) is 8.78 Å². The number of benzene rings is 1. The van der Waals surface area contributed by atoms with Gasteiger partial charge >= 0.3 is 6.61 Å². The lowest BCUT2D eigenvalue weighted by atomic mass is 10.0. The second-order valence-electron chi connectivity index (χ2n) is 6.03. The van der Waals surface area contributed by atoms with Crippen LogP contribution in [0.3, 0.4) is 0 Å². The SMILES string of the molecule is COc1cc2c(cc1OC)CCN(C(=O)c1ccnc(OC(F)F)c1)CC2. The quantitative estimate of drug-likeness (QED) is 0.801. The van der Waals surface area contributed by atoms with E-state index in [1.165, 1.54) is 18.3 Å². The number of hydrogen-bond acceptors (Lipinski definition) is 5. The van der Waals surface area contributed by atoms with Crippen LogP contribution >= 0.6 is 0 Å². The van der Waals surface area contributed by atoms with Gasteiger partial charge in [0, 0.05) is 30.9 Å². The number of nitrogens with zero attached hydrogens (tertiary/aromatic N) is 2. The summed E-state index contributed by atoms with van der Waals surface area (Å²) < 4.78 is 39.7. The van der Waals surface area contributed by atoms with Gasteiger partial charge in [0.05, 0.1) is 14.2 Å². The zero-order chi connectivity index (χ0) is 19.4. The van der Waals surface area contributed by atoms with Gasteiger partial charge in [0.1, 0.15) is 0 Å². The van der Waals surface area contributed by atoms with Gasteiger partial charge in [-0.25, -0.2) is 4.98 Å². The molecule has 144 valence electrons. The summed E-state index contributed by atoms with van der Waals surface area (Å²) in [5, 5.41) is 0. The second kappa shape index (κ2) is 8.20. The van der Waals surface area contributed by atoms with Gasteiger partial charge in [-0.15, -0.1) is 0 Å². The van der Waals surface area contributed by atoms with Crippen LogP contribution in [-0.4, -0.2) is 49.7 Å². The third-order valence-electron chi connectivity index (χ3n) is 4.49. The molecule has 0 saturated heterocycles. The van der Waals surface area contributed by atoms with Crippen LogP contribution in [0.25, 0.3) is 0 Å². The van der Waals surface area contributed by atoms with Crippen molar-refractivity contribution in [1.82, 2.24) is 9.88 Å². The molecule has 2 aromatic rings. The van der Waals surface area contributed by atoms with Crippen molar-refractivity contribution in [1.29, 1.82) is 0 Å². The standard InChI is InChI=1S/C19H20F2N2O4/c1-25-15-9-12-4-7-23(8-5-13(12)10-16(15)26-2)18(24)14-3-6-22-17(11-14)27-19(20)21/h3,6,9-11,19H,4-5,7-8H2,1-2H3. The Morgan fingerprint density at radius 2 is 1.67 bits per heavy atom. The molecule has 0 fully saturated rings. The Morgan fingerprint density at radius 1 is 1.07 bits per heavy atom. The van der Waals surface area contributed by atoms with Gasteiger partial charge in [-0.2, -0.15) is 8.78 Å². The van der Waals surface area contributed by atoms with E-state index < -0.39 is 6.61 Å². The number of fused-ring (bicyclic) bond motifs is 1. The van der Waals surface area contributed by atoms with E-state index in [-0.39, 0.29) is 17.4 Å². The molecule has 0 N–H and O–H groups in total. The largest absolute Gasteiger partial charge is 0.493 e. The van der Waals surface area contributed by atoms with Crippen molar-refractivity contribution < 1.29 is 27.8 Å². The average Bonchev–Trinajstić information content (AvgIpc) is 2.88. The lowest BCUT2D eigenvalue weighted by molar-refractivity contribution is -0.0529. The number of hydrogen-bond donors (Lipinski definition) is 0. The Labute approximate surface area is 155 Å². The van der Waals surface area contributed by atoms with E-state index in [0.29, 0.717) is 37.4 Å². The van der Waals surface area contributed by atoms with E-state index in [1.54, 1.807) is 19.1 Å². The molecule has 27 heavy (non-hydrogen) atoms. The highest BCUT2D eigenvalue weighted by Crippen LogP contribution is 2.32. The number of methoxy groups -OCH3 is 2. The van der Waals surface area contributed by atoms with Gasteiger partial charge in [0.25, 0.3) is 5.91 Å². The third kappa shape index (κ3) is 4.27. The van der Waals surface area contributed by atoms with Crippen LogP contribution in [0.1, 0.15) is 21.5 Å². The molecule has 1 aromatic carbocycles. The summed E-state index contributed by atoms with van der Waals surface area (Å²) in [6, 6.07) is 6.59. The Hall–Kier alpha value is -2.90. The topological polar surface area (TPSA) is 60.9 Å². The van der Waals surface area contributed by atoms with E-state index in [1.807, 2.05) is 12.1 Å². The second-order valence-corrected chi connectivity index (χ2v) is 6.03. The number of ether oxygens (including phenoxy) is 3. The van der Waals surface area contributed by atoms with Crippen LogP contribution in [0.15, 0.2) is 30.5 Å². The molecule has 1 aliphatic heterocycles. The first kappa shape index (κ1) is 18.9. The minimum atomic E-state index is -2.99. The van der Waals surface area contributed by atoms with Crippen LogP contribution in [-0.2, 0) is 12.8 Å². The van der Waals surface area contributed by atoms with E-state index in [0.717, 1.165) is 11.1 Å². The van der Waals surface area contributed by atoms with Crippen molar-refractivity contribution in [2.45, 2.75) is 19.5 Å². The fraction of sp³-hybridized carbons (Fsp3) is 0.368. The first-order valence-electron chi connectivity index (χ1n) is 8.45. The number of aromatic nitrogens is 1. The van der Waals surface area contributed by atoms with Crippen molar-refractivity contribution in [3.05, 3.63) is 47.2 Å². The van der Waals surface area contributed by atoms with E-state index in [2.05, 4.69) is 9.72 Å². The molecule has 8 heteroatoms. The number of carbonyl (C=O) groups is 1. The highest BCUT2D eigenvalue weighted by atomic mass is 19.3. The number of amides is 1. The third-order valence-corrected chi connectivity index (χ3v) is 4.49. The van der Waals surface area contributed by atoms with E-state index >= 15 is 0 Å².